The van der Waals surface area contributed by atoms with Crippen molar-refractivity contribution in [2.24, 2.45) is 11.8 Å². The maximum absolute atomic E-state index is 13.6. The maximum Gasteiger partial charge on any atom is 0.391 e. The number of aromatic nitrogens is 3. The standard InChI is InChI=1S/C29H29F3N4O3S/c1-16(2)36(27(37)20-8-10-21(11-9-20)29(30,31)32)23-15-24(40-26(23)28(38)39)19-6-4-18(5-7-19)22-14-25-33-17(3)12-13-35(25)34-22/h4-7,12-16,20-21H,8-11H2,1-3H3,(H,38,39)/t20-,21-. The number of hydrogen-bond acceptors (Lipinski definition) is 5. The quantitative estimate of drug-likeness (QED) is 0.264. The Bertz CT molecular complexity index is 1550. The zero-order valence-electron chi connectivity index (χ0n) is 22.3. The Hall–Kier alpha value is -3.73. The minimum Gasteiger partial charge on any atom is -0.477 e. The van der Waals surface area contributed by atoms with Gasteiger partial charge in [-0.2, -0.15) is 18.3 Å². The first-order valence-corrected chi connectivity index (χ1v) is 13.9. The van der Waals surface area contributed by atoms with Gasteiger partial charge in [0.15, 0.2) is 5.65 Å². The summed E-state index contributed by atoms with van der Waals surface area (Å²) in [4.78, 5) is 32.4. The van der Waals surface area contributed by atoms with Crippen LogP contribution in [0.3, 0.4) is 0 Å². The van der Waals surface area contributed by atoms with E-state index in [0.29, 0.717) is 4.88 Å². The molecule has 40 heavy (non-hydrogen) atoms. The molecule has 0 spiro atoms. The van der Waals surface area contributed by atoms with Crippen LogP contribution in [0.2, 0.25) is 0 Å². The number of carbonyl (C=O) groups excluding carboxylic acids is 1. The number of carbonyl (C=O) groups is 2. The molecule has 1 fully saturated rings. The van der Waals surface area contributed by atoms with Gasteiger partial charge in [-0.05, 0) is 64.2 Å². The Morgan fingerprint density at radius 2 is 1.70 bits per heavy atom. The van der Waals surface area contributed by atoms with Crippen LogP contribution in [0.1, 0.15) is 54.9 Å². The smallest absolute Gasteiger partial charge is 0.391 e. The SMILES string of the molecule is Cc1ccn2nc(-c3ccc(-c4cc(N(C(=O)[C@H]5CC[C@H](C(F)(F)F)CC5)C(C)C)c(C(=O)O)s4)cc3)cc2n1. The van der Waals surface area contributed by atoms with Crippen molar-refractivity contribution in [3.05, 3.63) is 59.2 Å². The second-order valence-corrected chi connectivity index (χ2v) is 11.6. The number of aromatic carboxylic acids is 1. The fourth-order valence-electron chi connectivity index (χ4n) is 5.29. The summed E-state index contributed by atoms with van der Waals surface area (Å²) < 4.78 is 41.1. The number of nitrogens with zero attached hydrogens (tertiary/aromatic N) is 4. The molecule has 4 aromatic rings. The van der Waals surface area contributed by atoms with Crippen molar-refractivity contribution < 1.29 is 27.9 Å². The molecule has 0 radical (unpaired) electrons. The van der Waals surface area contributed by atoms with Gasteiger partial charge in [0.2, 0.25) is 5.91 Å². The zero-order valence-corrected chi connectivity index (χ0v) is 23.1. The van der Waals surface area contributed by atoms with Crippen LogP contribution in [0.15, 0.2) is 48.7 Å². The second-order valence-electron chi connectivity index (χ2n) is 10.5. The highest BCUT2D eigenvalue weighted by Gasteiger charge is 2.43. The second kappa shape index (κ2) is 10.7. The van der Waals surface area contributed by atoms with Crippen molar-refractivity contribution in [2.45, 2.75) is 58.7 Å². The number of thiophene rings is 1. The molecular formula is C29H29F3N4O3S. The molecule has 1 aromatic carbocycles. The van der Waals surface area contributed by atoms with Crippen LogP contribution >= 0.6 is 11.3 Å². The van der Waals surface area contributed by atoms with Crippen molar-refractivity contribution in [3.8, 4) is 21.7 Å². The van der Waals surface area contributed by atoms with Crippen LogP contribution in [-0.4, -0.2) is 43.8 Å². The van der Waals surface area contributed by atoms with Gasteiger partial charge in [-0.3, -0.25) is 4.79 Å². The van der Waals surface area contributed by atoms with E-state index in [2.05, 4.69) is 10.1 Å². The number of halogens is 3. The summed E-state index contributed by atoms with van der Waals surface area (Å²) in [6, 6.07) is 12.6. The largest absolute Gasteiger partial charge is 0.477 e. The molecule has 210 valence electrons. The Morgan fingerprint density at radius 1 is 1.05 bits per heavy atom. The van der Waals surface area contributed by atoms with E-state index in [1.54, 1.807) is 24.4 Å². The molecule has 3 aromatic heterocycles. The summed E-state index contributed by atoms with van der Waals surface area (Å²) >= 11 is 1.07. The van der Waals surface area contributed by atoms with Crippen LogP contribution in [-0.2, 0) is 4.79 Å². The number of amides is 1. The summed E-state index contributed by atoms with van der Waals surface area (Å²) in [5.74, 6) is -3.45. The van der Waals surface area contributed by atoms with E-state index in [-0.39, 0.29) is 48.2 Å². The number of carboxylic acids is 1. The number of aryl methyl sites for hydroxylation is 1. The molecule has 0 atom stereocenters. The number of fused-ring (bicyclic) bond motifs is 1. The van der Waals surface area contributed by atoms with Crippen LogP contribution in [0, 0.1) is 18.8 Å². The highest BCUT2D eigenvalue weighted by atomic mass is 32.1. The number of carboxylic acid groups (broad SMARTS) is 1. The van der Waals surface area contributed by atoms with Gasteiger partial charge in [0.05, 0.1) is 17.3 Å². The molecule has 1 N–H and O–H groups in total. The molecule has 3 heterocycles. The third-order valence-electron chi connectivity index (χ3n) is 7.39. The first-order chi connectivity index (χ1) is 18.9. The third-order valence-corrected chi connectivity index (χ3v) is 8.55. The Labute approximate surface area is 233 Å². The lowest BCUT2D eigenvalue weighted by atomic mass is 9.81. The van der Waals surface area contributed by atoms with Crippen molar-refractivity contribution in [2.75, 3.05) is 4.90 Å². The molecule has 7 nitrogen and oxygen atoms in total. The van der Waals surface area contributed by atoms with Gasteiger partial charge in [0.1, 0.15) is 4.88 Å². The lowest BCUT2D eigenvalue weighted by Gasteiger charge is -2.34. The Kier molecular flexibility index (Phi) is 7.43. The van der Waals surface area contributed by atoms with Gasteiger partial charge < -0.3 is 10.0 Å². The van der Waals surface area contributed by atoms with Crippen molar-refractivity contribution in [3.63, 3.8) is 0 Å². The first-order valence-electron chi connectivity index (χ1n) is 13.1. The summed E-state index contributed by atoms with van der Waals surface area (Å²) in [5.41, 5.74) is 4.30. The molecule has 0 bridgehead atoms. The van der Waals surface area contributed by atoms with Crippen LogP contribution in [0.25, 0.3) is 27.3 Å². The topological polar surface area (TPSA) is 87.8 Å². The highest BCUT2D eigenvalue weighted by molar-refractivity contribution is 7.18. The molecule has 0 aliphatic heterocycles. The Morgan fingerprint density at radius 3 is 2.30 bits per heavy atom. The molecule has 0 unspecified atom stereocenters. The predicted molar refractivity (Wildman–Crippen MR) is 148 cm³/mol. The van der Waals surface area contributed by atoms with Crippen molar-refractivity contribution in [1.82, 2.24) is 14.6 Å². The fourth-order valence-corrected chi connectivity index (χ4v) is 6.29. The maximum atomic E-state index is 13.6. The van der Waals surface area contributed by atoms with E-state index in [9.17, 15) is 27.9 Å². The van der Waals surface area contributed by atoms with Crippen molar-refractivity contribution >= 4 is 34.5 Å². The van der Waals surface area contributed by atoms with Gasteiger partial charge in [0.25, 0.3) is 0 Å². The minimum atomic E-state index is -4.26. The fraction of sp³-hybridized carbons (Fsp3) is 0.379. The van der Waals surface area contributed by atoms with Crippen LogP contribution in [0.4, 0.5) is 18.9 Å². The number of alkyl halides is 3. The molecular weight excluding hydrogens is 541 g/mol. The summed E-state index contributed by atoms with van der Waals surface area (Å²) in [5, 5.41) is 14.6. The third kappa shape index (κ3) is 5.47. The minimum absolute atomic E-state index is 0.0203. The van der Waals surface area contributed by atoms with E-state index in [1.165, 1.54) is 4.90 Å². The van der Waals surface area contributed by atoms with Gasteiger partial charge in [-0.25, -0.2) is 14.3 Å². The van der Waals surface area contributed by atoms with E-state index < -0.39 is 24.0 Å². The molecule has 5 rings (SSSR count). The average molecular weight is 571 g/mol. The van der Waals surface area contributed by atoms with Gasteiger partial charge in [0, 0.05) is 40.4 Å². The van der Waals surface area contributed by atoms with E-state index in [1.807, 2.05) is 49.5 Å². The lowest BCUT2D eigenvalue weighted by molar-refractivity contribution is -0.184. The average Bonchev–Trinajstić information content (AvgIpc) is 3.53. The zero-order chi connectivity index (χ0) is 28.8. The molecule has 1 aliphatic rings. The molecule has 1 saturated carbocycles. The molecule has 1 aliphatic carbocycles. The van der Waals surface area contributed by atoms with Crippen LogP contribution in [0.5, 0.6) is 0 Å². The van der Waals surface area contributed by atoms with E-state index >= 15 is 0 Å². The van der Waals surface area contributed by atoms with Crippen LogP contribution < -0.4 is 4.90 Å². The van der Waals surface area contributed by atoms with E-state index in [4.69, 9.17) is 0 Å². The summed E-state index contributed by atoms with van der Waals surface area (Å²) in [6.45, 7) is 5.47. The first kappa shape index (κ1) is 27.8. The number of hydrogen-bond donors (Lipinski definition) is 1. The summed E-state index contributed by atoms with van der Waals surface area (Å²) in [6.07, 6.45) is -2.35. The van der Waals surface area contributed by atoms with Gasteiger partial charge >= 0.3 is 12.1 Å². The van der Waals surface area contributed by atoms with Gasteiger partial charge in [-0.15, -0.1) is 11.3 Å². The molecule has 11 heteroatoms. The number of benzene rings is 1. The molecule has 0 saturated heterocycles. The molecule has 1 amide bonds. The number of anilines is 1. The monoisotopic (exact) mass is 570 g/mol. The van der Waals surface area contributed by atoms with Gasteiger partial charge in [-0.1, -0.05) is 24.3 Å². The lowest BCUT2D eigenvalue weighted by Crippen LogP contribution is -2.43. The normalized spacial score (nSPS) is 17.9. The van der Waals surface area contributed by atoms with E-state index in [0.717, 1.165) is 39.5 Å². The van der Waals surface area contributed by atoms with Crippen molar-refractivity contribution in [1.29, 1.82) is 0 Å². The Balaban J connectivity index is 1.42. The summed E-state index contributed by atoms with van der Waals surface area (Å²) in [7, 11) is 0. The number of rotatable bonds is 6. The predicted octanol–water partition coefficient (Wildman–Crippen LogP) is 7.24. The highest BCUT2D eigenvalue weighted by Crippen LogP contribution is 2.43.